The second-order valence-corrected chi connectivity index (χ2v) is 6.40. The van der Waals surface area contributed by atoms with Crippen molar-refractivity contribution in [1.29, 1.82) is 0 Å². The van der Waals surface area contributed by atoms with Crippen LogP contribution in [0.5, 0.6) is 5.75 Å². The lowest BCUT2D eigenvalue weighted by Gasteiger charge is -2.05. The van der Waals surface area contributed by atoms with Crippen molar-refractivity contribution in [3.05, 3.63) is 71.8 Å². The molecule has 0 radical (unpaired) electrons. The smallest absolute Gasteiger partial charge is 0.122 e. The molecule has 0 bridgehead atoms. The lowest BCUT2D eigenvalue weighted by molar-refractivity contribution is 0.411. The predicted octanol–water partition coefficient (Wildman–Crippen LogP) is 7.74. The summed E-state index contributed by atoms with van der Waals surface area (Å²) in [7, 11) is 1.69. The first-order chi connectivity index (χ1) is 13.1. The molecule has 0 saturated heterocycles. The van der Waals surface area contributed by atoms with E-state index in [1.54, 1.807) is 7.11 Å². The molecule has 0 aliphatic rings. The summed E-state index contributed by atoms with van der Waals surface area (Å²) in [6.45, 7) is 10.5. The minimum Gasteiger partial charge on any atom is -0.496 e. The van der Waals surface area contributed by atoms with Crippen LogP contribution in [0, 0.1) is 6.92 Å². The molecule has 144 valence electrons. The lowest BCUT2D eigenvalue weighted by atomic mass is 10.1. The van der Waals surface area contributed by atoms with Crippen LogP contribution in [0.1, 0.15) is 51.7 Å². The minimum absolute atomic E-state index is 0.886. The molecule has 3 rings (SSSR count). The number of rotatable bonds is 3. The van der Waals surface area contributed by atoms with Crippen molar-refractivity contribution in [2.24, 2.45) is 4.99 Å². The number of hydrogen-bond donors (Lipinski definition) is 0. The average molecular weight is 364 g/mol. The fraction of sp³-hybridized carbons (Fsp3) is 0.320. The summed E-state index contributed by atoms with van der Waals surface area (Å²) in [4.78, 5) is 4.63. The Morgan fingerprint density at radius 3 is 2.15 bits per heavy atom. The van der Waals surface area contributed by atoms with E-state index in [0.29, 0.717) is 0 Å². The third kappa shape index (κ3) is 7.26. The Morgan fingerprint density at radius 2 is 1.48 bits per heavy atom. The van der Waals surface area contributed by atoms with Crippen molar-refractivity contribution in [3.63, 3.8) is 0 Å². The maximum Gasteiger partial charge on any atom is 0.122 e. The van der Waals surface area contributed by atoms with Gasteiger partial charge in [0.1, 0.15) is 5.75 Å². The van der Waals surface area contributed by atoms with Crippen molar-refractivity contribution in [2.45, 2.75) is 47.5 Å². The van der Waals surface area contributed by atoms with E-state index in [2.05, 4.69) is 50.9 Å². The van der Waals surface area contributed by atoms with Gasteiger partial charge in [-0.3, -0.25) is 4.99 Å². The molecule has 0 amide bonds. The molecule has 0 N–H and O–H groups in total. The maximum atomic E-state index is 5.35. The molecule has 3 aromatic rings. The Morgan fingerprint density at radius 1 is 0.852 bits per heavy atom. The first kappa shape index (κ1) is 22.4. The molecule has 0 atom stereocenters. The molecule has 2 nitrogen and oxygen atoms in total. The normalized spacial score (nSPS) is 10.0. The molecular formula is C25H33NO. The minimum atomic E-state index is 0.886. The Bertz CT molecular complexity index is 829. The van der Waals surface area contributed by atoms with Gasteiger partial charge in [0.2, 0.25) is 0 Å². The van der Waals surface area contributed by atoms with Crippen LogP contribution in [-0.4, -0.2) is 13.3 Å². The highest BCUT2D eigenvalue weighted by Gasteiger charge is 2.00. The quantitative estimate of drug-likeness (QED) is 0.436. The van der Waals surface area contributed by atoms with E-state index >= 15 is 0 Å². The average Bonchev–Trinajstić information content (AvgIpc) is 2.68. The van der Waals surface area contributed by atoms with E-state index in [-0.39, 0.29) is 0 Å². The van der Waals surface area contributed by atoms with Crippen LogP contribution in [-0.2, 0) is 0 Å². The van der Waals surface area contributed by atoms with Gasteiger partial charge in [0.15, 0.2) is 0 Å². The Balaban J connectivity index is 0.000000540. The predicted molar refractivity (Wildman–Crippen MR) is 121 cm³/mol. The second-order valence-electron chi connectivity index (χ2n) is 6.40. The van der Waals surface area contributed by atoms with E-state index in [4.69, 9.17) is 4.74 Å². The summed E-state index contributed by atoms with van der Waals surface area (Å²) in [5.74, 6) is 0.886. The number of methoxy groups -OCH3 is 1. The highest BCUT2D eigenvalue weighted by molar-refractivity contribution is 5.95. The van der Waals surface area contributed by atoms with Crippen molar-refractivity contribution in [2.75, 3.05) is 7.11 Å². The van der Waals surface area contributed by atoms with Gasteiger partial charge in [0, 0.05) is 11.6 Å². The van der Waals surface area contributed by atoms with Crippen molar-refractivity contribution >= 4 is 22.7 Å². The van der Waals surface area contributed by atoms with E-state index < -0.39 is 0 Å². The van der Waals surface area contributed by atoms with Crippen LogP contribution >= 0.6 is 0 Å². The van der Waals surface area contributed by atoms with Crippen LogP contribution in [0.25, 0.3) is 10.8 Å². The van der Waals surface area contributed by atoms with Gasteiger partial charge >= 0.3 is 0 Å². The number of aliphatic imine (C=N–C) groups is 1. The van der Waals surface area contributed by atoms with Crippen molar-refractivity contribution in [3.8, 4) is 5.75 Å². The van der Waals surface area contributed by atoms with Gasteiger partial charge in [-0.15, -0.1) is 0 Å². The Hall–Kier alpha value is -2.61. The van der Waals surface area contributed by atoms with Gasteiger partial charge in [-0.25, -0.2) is 0 Å². The van der Waals surface area contributed by atoms with Crippen molar-refractivity contribution in [1.82, 2.24) is 0 Å². The van der Waals surface area contributed by atoms with Crippen LogP contribution in [0.4, 0.5) is 5.69 Å². The first-order valence-electron chi connectivity index (χ1n) is 9.77. The number of aryl methyl sites for hydroxylation is 1. The summed E-state index contributed by atoms with van der Waals surface area (Å²) < 4.78 is 5.35. The highest BCUT2D eigenvalue weighted by Crippen LogP contribution is 2.26. The monoisotopic (exact) mass is 363 g/mol. The molecule has 2 heteroatoms. The molecule has 0 fully saturated rings. The summed E-state index contributed by atoms with van der Waals surface area (Å²) in [5.41, 5.74) is 3.14. The zero-order chi connectivity index (χ0) is 20.1. The SMILES string of the molecule is CCC.CCC.COc1cc(C=Nc2cccc3ccccc23)ccc1C. The molecule has 0 aliphatic heterocycles. The Kier molecular flexibility index (Phi) is 10.5. The van der Waals surface area contributed by atoms with Crippen molar-refractivity contribution < 1.29 is 4.74 Å². The maximum absolute atomic E-state index is 5.35. The van der Waals surface area contributed by atoms with E-state index in [9.17, 15) is 0 Å². The largest absolute Gasteiger partial charge is 0.496 e. The molecule has 0 saturated carbocycles. The molecule has 0 aromatic heterocycles. The summed E-state index contributed by atoms with van der Waals surface area (Å²) in [5, 5.41) is 2.36. The van der Waals surface area contributed by atoms with Gasteiger partial charge in [-0.2, -0.15) is 0 Å². The molecule has 0 unspecified atom stereocenters. The fourth-order valence-electron chi connectivity index (χ4n) is 2.38. The van der Waals surface area contributed by atoms with Crippen LogP contribution in [0.15, 0.2) is 65.7 Å². The highest BCUT2D eigenvalue weighted by atomic mass is 16.5. The summed E-state index contributed by atoms with van der Waals surface area (Å²) in [6.07, 6.45) is 4.38. The molecule has 27 heavy (non-hydrogen) atoms. The van der Waals surface area contributed by atoms with Gasteiger partial charge in [-0.05, 0) is 35.6 Å². The zero-order valence-corrected chi connectivity index (χ0v) is 17.6. The third-order valence-corrected chi connectivity index (χ3v) is 3.55. The molecule has 3 aromatic carbocycles. The fourth-order valence-corrected chi connectivity index (χ4v) is 2.38. The van der Waals surface area contributed by atoms with Gasteiger partial charge in [0.05, 0.1) is 12.8 Å². The van der Waals surface area contributed by atoms with Crippen LogP contribution in [0.2, 0.25) is 0 Å². The third-order valence-electron chi connectivity index (χ3n) is 3.55. The lowest BCUT2D eigenvalue weighted by Crippen LogP contribution is -1.89. The first-order valence-corrected chi connectivity index (χ1v) is 9.77. The number of nitrogens with zero attached hydrogens (tertiary/aromatic N) is 1. The summed E-state index contributed by atoms with van der Waals surface area (Å²) >= 11 is 0. The number of hydrogen-bond acceptors (Lipinski definition) is 2. The van der Waals surface area contributed by atoms with E-state index in [1.165, 1.54) is 18.2 Å². The van der Waals surface area contributed by atoms with E-state index in [0.717, 1.165) is 28.0 Å². The summed E-state index contributed by atoms with van der Waals surface area (Å²) in [6, 6.07) is 20.5. The van der Waals surface area contributed by atoms with Gasteiger partial charge in [0.25, 0.3) is 0 Å². The van der Waals surface area contributed by atoms with E-state index in [1.807, 2.05) is 55.6 Å². The Labute approximate surface area is 164 Å². The number of ether oxygens (including phenoxy) is 1. The van der Waals surface area contributed by atoms with Gasteiger partial charge < -0.3 is 4.74 Å². The number of benzene rings is 3. The molecular weight excluding hydrogens is 330 g/mol. The van der Waals surface area contributed by atoms with Crippen LogP contribution in [0.3, 0.4) is 0 Å². The molecule has 0 heterocycles. The second kappa shape index (κ2) is 12.7. The standard InChI is InChI=1S/C19H17NO.2C3H8/c1-14-10-11-15(12-19(14)21-2)13-20-18-9-5-7-16-6-3-4-8-17(16)18;2*1-3-2/h3-13H,1-2H3;2*3H2,1-2H3. The molecule has 0 aliphatic carbocycles. The number of fused-ring (bicyclic) bond motifs is 1. The van der Waals surface area contributed by atoms with Crippen LogP contribution < -0.4 is 4.74 Å². The zero-order valence-electron chi connectivity index (χ0n) is 17.6. The molecule has 0 spiro atoms. The van der Waals surface area contributed by atoms with Gasteiger partial charge in [-0.1, -0.05) is 89.1 Å². The topological polar surface area (TPSA) is 21.6 Å².